The largest absolute Gasteiger partial charge is 0.491 e. The van der Waals surface area contributed by atoms with Gasteiger partial charge >= 0.3 is 6.18 Å². The monoisotopic (exact) mass is 282 g/mol. The molecule has 0 saturated carbocycles. The highest BCUT2D eigenvalue weighted by atomic mass is 19.4. The van der Waals surface area contributed by atoms with E-state index in [-0.39, 0.29) is 5.75 Å². The molecule has 0 spiro atoms. The fourth-order valence-electron chi connectivity index (χ4n) is 1.73. The zero-order chi connectivity index (χ0) is 14.8. The van der Waals surface area contributed by atoms with E-state index in [2.05, 4.69) is 6.58 Å². The van der Waals surface area contributed by atoms with Gasteiger partial charge in [0, 0.05) is 0 Å². The van der Waals surface area contributed by atoms with E-state index in [4.69, 9.17) is 9.84 Å². The van der Waals surface area contributed by atoms with Gasteiger partial charge in [0.05, 0.1) is 0 Å². The van der Waals surface area contributed by atoms with Crippen LogP contribution in [-0.2, 0) is 0 Å². The summed E-state index contributed by atoms with van der Waals surface area (Å²) in [6.07, 6.45) is -5.44. The van der Waals surface area contributed by atoms with Crippen molar-refractivity contribution in [3.8, 4) is 5.75 Å². The molecular weight excluding hydrogens is 269 g/mol. The maximum absolute atomic E-state index is 12.1. The number of hydrogen-bond donors (Lipinski definition) is 1. The van der Waals surface area contributed by atoms with E-state index in [1.807, 2.05) is 18.2 Å². The minimum atomic E-state index is -4.67. The molecule has 106 valence electrons. The lowest BCUT2D eigenvalue weighted by atomic mass is 10.1. The Morgan fingerprint density at radius 1 is 1.15 bits per heavy atom. The van der Waals surface area contributed by atoms with Crippen LogP contribution in [0.4, 0.5) is 13.2 Å². The van der Waals surface area contributed by atoms with Crippen molar-refractivity contribution in [2.75, 3.05) is 6.61 Å². The van der Waals surface area contributed by atoms with Crippen molar-refractivity contribution in [3.05, 3.63) is 48.5 Å². The number of alkyl halides is 3. The van der Waals surface area contributed by atoms with Gasteiger partial charge in [-0.15, -0.1) is 0 Å². The fraction of sp³-hybridized carbons (Fsp3) is 0.200. The summed E-state index contributed by atoms with van der Waals surface area (Å²) in [6, 6.07) is 10.5. The third-order valence-corrected chi connectivity index (χ3v) is 2.86. The molecule has 20 heavy (non-hydrogen) atoms. The highest BCUT2D eigenvalue weighted by Gasteiger charge is 2.38. The molecule has 2 aromatic carbocycles. The molecule has 1 unspecified atom stereocenters. The van der Waals surface area contributed by atoms with Crippen LogP contribution in [0.5, 0.6) is 5.75 Å². The summed E-state index contributed by atoms with van der Waals surface area (Å²) in [4.78, 5) is 0. The molecule has 2 aromatic rings. The topological polar surface area (TPSA) is 29.5 Å². The van der Waals surface area contributed by atoms with Crippen molar-refractivity contribution in [2.24, 2.45) is 0 Å². The van der Waals surface area contributed by atoms with Crippen LogP contribution in [0, 0.1) is 0 Å². The van der Waals surface area contributed by atoms with Crippen molar-refractivity contribution in [1.29, 1.82) is 0 Å². The maximum atomic E-state index is 12.1. The molecule has 1 N–H and O–H groups in total. The Bertz CT molecular complexity index is 620. The Morgan fingerprint density at radius 2 is 1.80 bits per heavy atom. The lowest BCUT2D eigenvalue weighted by molar-refractivity contribution is -0.210. The van der Waals surface area contributed by atoms with Crippen LogP contribution in [0.25, 0.3) is 16.8 Å². The molecule has 5 heteroatoms. The summed E-state index contributed by atoms with van der Waals surface area (Å²) in [7, 11) is 0. The minimum Gasteiger partial charge on any atom is -0.491 e. The first kappa shape index (κ1) is 14.4. The highest BCUT2D eigenvalue weighted by Crippen LogP contribution is 2.24. The normalized spacial score (nSPS) is 13.2. The third kappa shape index (κ3) is 3.30. The Labute approximate surface area is 114 Å². The lowest BCUT2D eigenvalue weighted by Gasteiger charge is -2.15. The standard InChI is InChI=1S/C15H13F3O2/c1-2-10-3-4-12-8-13(6-5-11(12)7-10)20-9-14(19)15(16,17)18/h2-8,14,19H,1,9H2. The lowest BCUT2D eigenvalue weighted by Crippen LogP contribution is -2.34. The Morgan fingerprint density at radius 3 is 2.45 bits per heavy atom. The average Bonchev–Trinajstić information content (AvgIpc) is 2.42. The first-order valence-electron chi connectivity index (χ1n) is 5.94. The van der Waals surface area contributed by atoms with Gasteiger partial charge in [-0.05, 0) is 34.5 Å². The molecule has 0 bridgehead atoms. The van der Waals surface area contributed by atoms with E-state index in [0.29, 0.717) is 0 Å². The van der Waals surface area contributed by atoms with Gasteiger partial charge in [-0.3, -0.25) is 0 Å². The Kier molecular flexibility index (Phi) is 3.99. The molecule has 0 aliphatic carbocycles. The number of hydrogen-bond acceptors (Lipinski definition) is 2. The number of ether oxygens (including phenoxy) is 1. The molecule has 0 aliphatic heterocycles. The fourth-order valence-corrected chi connectivity index (χ4v) is 1.73. The number of fused-ring (bicyclic) bond motifs is 1. The van der Waals surface area contributed by atoms with Gasteiger partial charge in [-0.2, -0.15) is 13.2 Å². The predicted molar refractivity (Wildman–Crippen MR) is 71.6 cm³/mol. The molecule has 2 nitrogen and oxygen atoms in total. The number of halogens is 3. The number of aliphatic hydroxyl groups is 1. The predicted octanol–water partition coefficient (Wildman–Crippen LogP) is 3.78. The minimum absolute atomic E-state index is 0.284. The molecule has 2 rings (SSSR count). The van der Waals surface area contributed by atoms with E-state index in [9.17, 15) is 13.2 Å². The molecule has 0 saturated heterocycles. The quantitative estimate of drug-likeness (QED) is 0.924. The van der Waals surface area contributed by atoms with Crippen LogP contribution in [0.15, 0.2) is 43.0 Å². The van der Waals surface area contributed by atoms with Crippen LogP contribution in [0.1, 0.15) is 5.56 Å². The third-order valence-electron chi connectivity index (χ3n) is 2.86. The summed E-state index contributed by atoms with van der Waals surface area (Å²) in [5.74, 6) is 0.284. The van der Waals surface area contributed by atoms with Crippen LogP contribution >= 0.6 is 0 Å². The van der Waals surface area contributed by atoms with Crippen molar-refractivity contribution in [2.45, 2.75) is 12.3 Å². The second-order valence-electron chi connectivity index (χ2n) is 4.34. The van der Waals surface area contributed by atoms with E-state index in [1.54, 1.807) is 24.3 Å². The molecule has 0 heterocycles. The molecule has 0 fully saturated rings. The van der Waals surface area contributed by atoms with E-state index in [0.717, 1.165) is 16.3 Å². The van der Waals surface area contributed by atoms with Crippen molar-refractivity contribution in [3.63, 3.8) is 0 Å². The summed E-state index contributed by atoms with van der Waals surface area (Å²) < 4.78 is 41.4. The van der Waals surface area contributed by atoms with Gasteiger partial charge in [-0.1, -0.05) is 30.9 Å². The van der Waals surface area contributed by atoms with Crippen LogP contribution in [-0.4, -0.2) is 24.0 Å². The van der Waals surface area contributed by atoms with Gasteiger partial charge in [0.2, 0.25) is 0 Å². The molecular formula is C15H13F3O2. The van der Waals surface area contributed by atoms with Gasteiger partial charge in [0.15, 0.2) is 6.10 Å². The van der Waals surface area contributed by atoms with Crippen LogP contribution in [0.3, 0.4) is 0 Å². The molecule has 0 aliphatic rings. The number of rotatable bonds is 4. The number of benzene rings is 2. The van der Waals surface area contributed by atoms with Crippen molar-refractivity contribution in [1.82, 2.24) is 0 Å². The first-order valence-corrected chi connectivity index (χ1v) is 5.94. The SMILES string of the molecule is C=Cc1ccc2cc(OCC(O)C(F)(F)F)ccc2c1. The zero-order valence-electron chi connectivity index (χ0n) is 10.5. The number of aliphatic hydroxyl groups excluding tert-OH is 1. The van der Waals surface area contributed by atoms with Gasteiger partial charge < -0.3 is 9.84 Å². The summed E-state index contributed by atoms with van der Waals surface area (Å²) in [5.41, 5.74) is 0.957. The van der Waals surface area contributed by atoms with E-state index < -0.39 is 18.9 Å². The molecule has 0 radical (unpaired) electrons. The van der Waals surface area contributed by atoms with Crippen molar-refractivity contribution >= 4 is 16.8 Å². The van der Waals surface area contributed by atoms with Crippen LogP contribution < -0.4 is 4.74 Å². The highest BCUT2D eigenvalue weighted by molar-refractivity contribution is 5.85. The zero-order valence-corrected chi connectivity index (χ0v) is 10.5. The summed E-state index contributed by atoms with van der Waals surface area (Å²) in [5, 5.41) is 10.6. The second-order valence-corrected chi connectivity index (χ2v) is 4.34. The van der Waals surface area contributed by atoms with Gasteiger partial charge in [0.1, 0.15) is 12.4 Å². The van der Waals surface area contributed by atoms with Gasteiger partial charge in [0.25, 0.3) is 0 Å². The average molecular weight is 282 g/mol. The van der Waals surface area contributed by atoms with E-state index in [1.165, 1.54) is 0 Å². The maximum Gasteiger partial charge on any atom is 0.417 e. The smallest absolute Gasteiger partial charge is 0.417 e. The molecule has 1 atom stereocenters. The summed E-state index contributed by atoms with van der Waals surface area (Å²) in [6.45, 7) is 2.85. The Balaban J connectivity index is 2.14. The molecule has 0 amide bonds. The Hall–Kier alpha value is -2.01. The first-order chi connectivity index (χ1) is 9.40. The second kappa shape index (κ2) is 5.54. The van der Waals surface area contributed by atoms with Crippen LogP contribution in [0.2, 0.25) is 0 Å². The summed E-state index contributed by atoms with van der Waals surface area (Å²) >= 11 is 0. The van der Waals surface area contributed by atoms with Gasteiger partial charge in [-0.25, -0.2) is 0 Å². The molecule has 0 aromatic heterocycles. The van der Waals surface area contributed by atoms with E-state index >= 15 is 0 Å². The van der Waals surface area contributed by atoms with Crippen molar-refractivity contribution < 1.29 is 23.0 Å².